The first-order chi connectivity index (χ1) is 8.67. The first kappa shape index (κ1) is 14.9. The van der Waals surface area contributed by atoms with Gasteiger partial charge in [0.25, 0.3) is 5.91 Å². The lowest BCUT2D eigenvalue weighted by atomic mass is 10.1. The second-order valence-corrected chi connectivity index (χ2v) is 4.25. The van der Waals surface area contributed by atoms with Crippen molar-refractivity contribution in [1.29, 1.82) is 0 Å². The molecule has 2 rings (SSSR count). The van der Waals surface area contributed by atoms with E-state index < -0.39 is 0 Å². The SMILES string of the molecule is CC.CNC(=O)c1coc2cc(NS)c(Br)cc12. The van der Waals surface area contributed by atoms with Gasteiger partial charge in [0.2, 0.25) is 0 Å². The number of carbonyl (C=O) groups excluding carboxylic acids is 1. The van der Waals surface area contributed by atoms with Crippen molar-refractivity contribution in [3.8, 4) is 0 Å². The van der Waals surface area contributed by atoms with Crippen LogP contribution in [-0.4, -0.2) is 13.0 Å². The number of nitrogens with one attached hydrogen (secondary N) is 2. The van der Waals surface area contributed by atoms with Gasteiger partial charge >= 0.3 is 0 Å². The molecule has 2 aromatic rings. The Morgan fingerprint density at radius 1 is 1.39 bits per heavy atom. The Balaban J connectivity index is 0.000000771. The highest BCUT2D eigenvalue weighted by Crippen LogP contribution is 2.31. The van der Waals surface area contributed by atoms with E-state index in [2.05, 4.69) is 38.8 Å². The van der Waals surface area contributed by atoms with Crippen molar-refractivity contribution >= 4 is 51.3 Å². The molecule has 0 saturated carbocycles. The Hall–Kier alpha value is -1.14. The molecular formula is C12H15BrN2O2S. The molecule has 0 atom stereocenters. The first-order valence-electron chi connectivity index (χ1n) is 5.50. The van der Waals surface area contributed by atoms with Crippen LogP contribution in [0.1, 0.15) is 24.2 Å². The predicted molar refractivity (Wildman–Crippen MR) is 81.3 cm³/mol. The highest BCUT2D eigenvalue weighted by Gasteiger charge is 2.14. The lowest BCUT2D eigenvalue weighted by Gasteiger charge is -2.02. The Bertz CT molecular complexity index is 554. The Labute approximate surface area is 120 Å². The minimum absolute atomic E-state index is 0.169. The summed E-state index contributed by atoms with van der Waals surface area (Å²) in [4.78, 5) is 11.5. The molecule has 0 unspecified atom stereocenters. The number of thiol groups is 1. The van der Waals surface area contributed by atoms with Crippen LogP contribution in [0.25, 0.3) is 11.0 Å². The summed E-state index contributed by atoms with van der Waals surface area (Å²) >= 11 is 7.35. The average molecular weight is 331 g/mol. The second-order valence-electron chi connectivity index (χ2n) is 3.17. The second kappa shape index (κ2) is 6.70. The number of benzene rings is 1. The molecule has 2 N–H and O–H groups in total. The number of carbonyl (C=O) groups is 1. The molecule has 18 heavy (non-hydrogen) atoms. The van der Waals surface area contributed by atoms with Gasteiger partial charge in [0.05, 0.1) is 11.3 Å². The highest BCUT2D eigenvalue weighted by atomic mass is 79.9. The summed E-state index contributed by atoms with van der Waals surface area (Å²) < 4.78 is 8.86. The number of rotatable bonds is 2. The number of furan rings is 1. The summed E-state index contributed by atoms with van der Waals surface area (Å²) in [6, 6.07) is 3.60. The fourth-order valence-electron chi connectivity index (χ4n) is 1.44. The summed E-state index contributed by atoms with van der Waals surface area (Å²) in [6.07, 6.45) is 1.44. The van der Waals surface area contributed by atoms with Crippen LogP contribution in [0.15, 0.2) is 27.3 Å². The monoisotopic (exact) mass is 330 g/mol. The van der Waals surface area contributed by atoms with Crippen LogP contribution >= 0.6 is 28.7 Å². The van der Waals surface area contributed by atoms with Crippen molar-refractivity contribution < 1.29 is 9.21 Å². The van der Waals surface area contributed by atoms with Gasteiger partial charge < -0.3 is 14.5 Å². The zero-order chi connectivity index (χ0) is 13.7. The summed E-state index contributed by atoms with van der Waals surface area (Å²) in [5.74, 6) is -0.169. The number of hydrogen-bond acceptors (Lipinski definition) is 4. The largest absolute Gasteiger partial charge is 0.463 e. The van der Waals surface area contributed by atoms with Crippen LogP contribution in [0.5, 0.6) is 0 Å². The van der Waals surface area contributed by atoms with Gasteiger partial charge in [0, 0.05) is 23.0 Å². The van der Waals surface area contributed by atoms with Gasteiger partial charge in [-0.1, -0.05) is 26.7 Å². The van der Waals surface area contributed by atoms with Crippen molar-refractivity contribution in [2.75, 3.05) is 11.8 Å². The van der Waals surface area contributed by atoms with Crippen LogP contribution in [0, 0.1) is 0 Å². The van der Waals surface area contributed by atoms with E-state index in [1.165, 1.54) is 6.26 Å². The Kier molecular flexibility index (Phi) is 5.55. The third kappa shape index (κ3) is 2.81. The van der Waals surface area contributed by atoms with Gasteiger partial charge in [0.15, 0.2) is 0 Å². The van der Waals surface area contributed by atoms with Crippen molar-refractivity contribution in [2.45, 2.75) is 13.8 Å². The fourth-order valence-corrected chi connectivity index (χ4v) is 2.22. The van der Waals surface area contributed by atoms with Gasteiger partial charge in [-0.05, 0) is 22.0 Å². The molecule has 1 aromatic heterocycles. The zero-order valence-corrected chi connectivity index (χ0v) is 12.9. The topological polar surface area (TPSA) is 54.3 Å². The quantitative estimate of drug-likeness (QED) is 0.733. The summed E-state index contributed by atoms with van der Waals surface area (Å²) in [7, 11) is 1.58. The number of amides is 1. The van der Waals surface area contributed by atoms with Gasteiger partial charge in [-0.3, -0.25) is 4.79 Å². The molecule has 0 bridgehead atoms. The zero-order valence-electron chi connectivity index (χ0n) is 10.4. The van der Waals surface area contributed by atoms with Crippen molar-refractivity contribution in [3.63, 3.8) is 0 Å². The smallest absolute Gasteiger partial charge is 0.254 e. The van der Waals surface area contributed by atoms with Gasteiger partial charge in [-0.15, -0.1) is 0 Å². The molecule has 4 nitrogen and oxygen atoms in total. The van der Waals surface area contributed by atoms with Gasteiger partial charge in [-0.25, -0.2) is 0 Å². The van der Waals surface area contributed by atoms with Crippen LogP contribution in [-0.2, 0) is 0 Å². The van der Waals surface area contributed by atoms with Crippen LogP contribution < -0.4 is 10.0 Å². The maximum Gasteiger partial charge on any atom is 0.254 e. The highest BCUT2D eigenvalue weighted by molar-refractivity contribution is 9.10. The molecule has 1 heterocycles. The number of fused-ring (bicyclic) bond motifs is 1. The third-order valence-electron chi connectivity index (χ3n) is 2.26. The maximum atomic E-state index is 11.5. The van der Waals surface area contributed by atoms with E-state index in [4.69, 9.17) is 4.42 Å². The van der Waals surface area contributed by atoms with Crippen molar-refractivity contribution in [2.24, 2.45) is 0 Å². The van der Waals surface area contributed by atoms with Gasteiger partial charge in [0.1, 0.15) is 11.8 Å². The molecule has 6 heteroatoms. The van der Waals surface area contributed by atoms with Gasteiger partial charge in [-0.2, -0.15) is 0 Å². The Morgan fingerprint density at radius 3 is 2.61 bits per heavy atom. The van der Waals surface area contributed by atoms with Crippen molar-refractivity contribution in [3.05, 3.63) is 28.4 Å². The minimum atomic E-state index is -0.169. The standard InChI is InChI=1S/C10H9BrN2O2S.C2H6/c1-12-10(14)6-4-15-9-3-8(13-16)7(11)2-5(6)9;1-2/h2-4,13,16H,1H3,(H,12,14);1-2H3. The molecule has 0 fully saturated rings. The average Bonchev–Trinajstić information content (AvgIpc) is 2.81. The van der Waals surface area contributed by atoms with Crippen LogP contribution in [0.3, 0.4) is 0 Å². The van der Waals surface area contributed by atoms with Crippen molar-refractivity contribution in [1.82, 2.24) is 5.32 Å². The lowest BCUT2D eigenvalue weighted by molar-refractivity contribution is 0.0964. The molecule has 1 amide bonds. The van der Waals surface area contributed by atoms with E-state index in [9.17, 15) is 4.79 Å². The fraction of sp³-hybridized carbons (Fsp3) is 0.250. The number of halogens is 1. The Morgan fingerprint density at radius 2 is 2.06 bits per heavy atom. The summed E-state index contributed by atoms with van der Waals surface area (Å²) in [6.45, 7) is 4.00. The van der Waals surface area contributed by atoms with E-state index >= 15 is 0 Å². The van der Waals surface area contributed by atoms with E-state index in [-0.39, 0.29) is 5.91 Å². The minimum Gasteiger partial charge on any atom is -0.463 e. The molecular weight excluding hydrogens is 316 g/mol. The van der Waals surface area contributed by atoms with Crippen LogP contribution in [0.4, 0.5) is 5.69 Å². The molecule has 98 valence electrons. The molecule has 1 aromatic carbocycles. The van der Waals surface area contributed by atoms with E-state index in [1.54, 1.807) is 13.1 Å². The third-order valence-corrected chi connectivity index (χ3v) is 3.15. The normalized spacial score (nSPS) is 9.61. The molecule has 0 saturated heterocycles. The molecule has 0 aliphatic heterocycles. The molecule has 0 aliphatic carbocycles. The maximum absolute atomic E-state index is 11.5. The first-order valence-corrected chi connectivity index (χ1v) is 6.74. The lowest BCUT2D eigenvalue weighted by Crippen LogP contribution is -2.17. The summed E-state index contributed by atoms with van der Waals surface area (Å²) in [5, 5.41) is 3.33. The van der Waals surface area contributed by atoms with E-state index in [0.717, 1.165) is 15.5 Å². The molecule has 0 aliphatic rings. The predicted octanol–water partition coefficient (Wildman–Crippen LogP) is 3.84. The van der Waals surface area contributed by atoms with E-state index in [1.807, 2.05) is 19.9 Å². The number of hydrogen-bond donors (Lipinski definition) is 3. The molecule has 0 radical (unpaired) electrons. The van der Waals surface area contributed by atoms with Crippen LogP contribution in [0.2, 0.25) is 0 Å². The number of anilines is 1. The molecule has 0 spiro atoms. The summed E-state index contributed by atoms with van der Waals surface area (Å²) in [5.41, 5.74) is 1.94. The van der Waals surface area contributed by atoms with E-state index in [0.29, 0.717) is 11.1 Å².